The smallest absolute Gasteiger partial charge is 0.310 e. The van der Waals surface area contributed by atoms with E-state index in [2.05, 4.69) is 5.32 Å². The Labute approximate surface area is 114 Å². The summed E-state index contributed by atoms with van der Waals surface area (Å²) in [5.74, 6) is -3.97. The average molecular weight is 277 g/mol. The Morgan fingerprint density at radius 3 is 2.45 bits per heavy atom. The summed E-state index contributed by atoms with van der Waals surface area (Å²) in [6, 6.07) is 5.74. The zero-order valence-corrected chi connectivity index (χ0v) is 10.3. The van der Waals surface area contributed by atoms with Crippen LogP contribution >= 0.6 is 0 Å². The zero-order valence-electron chi connectivity index (χ0n) is 10.3. The predicted octanol–water partition coefficient (Wildman–Crippen LogP) is 1.42. The molecule has 3 rings (SSSR count). The third-order valence-corrected chi connectivity index (χ3v) is 3.62. The van der Waals surface area contributed by atoms with Crippen LogP contribution in [0.1, 0.15) is 0 Å². The van der Waals surface area contributed by atoms with E-state index < -0.39 is 41.7 Å². The number of aliphatic carboxylic acids is 1. The molecular weight excluding hydrogens is 265 g/mol. The van der Waals surface area contributed by atoms with Crippen LogP contribution in [0.3, 0.4) is 0 Å². The van der Waals surface area contributed by atoms with E-state index in [9.17, 15) is 19.1 Å². The molecule has 2 N–H and O–H groups in total. The quantitative estimate of drug-likeness (QED) is 0.819. The van der Waals surface area contributed by atoms with Crippen molar-refractivity contribution in [3.63, 3.8) is 0 Å². The van der Waals surface area contributed by atoms with E-state index in [0.29, 0.717) is 0 Å². The predicted molar refractivity (Wildman–Crippen MR) is 67.4 cm³/mol. The summed E-state index contributed by atoms with van der Waals surface area (Å²) >= 11 is 0. The molecule has 1 saturated heterocycles. The highest BCUT2D eigenvalue weighted by atomic mass is 19.1. The number of halogens is 1. The van der Waals surface area contributed by atoms with Gasteiger partial charge in [0.1, 0.15) is 11.7 Å². The number of nitrogens with one attached hydrogen (secondary N) is 1. The van der Waals surface area contributed by atoms with Crippen molar-refractivity contribution in [3.05, 3.63) is 42.2 Å². The van der Waals surface area contributed by atoms with E-state index in [-0.39, 0.29) is 5.69 Å². The number of carbonyl (C=O) groups is 2. The monoisotopic (exact) mass is 277 g/mol. The Kier molecular flexibility index (Phi) is 3.02. The van der Waals surface area contributed by atoms with Gasteiger partial charge in [0, 0.05) is 0 Å². The van der Waals surface area contributed by atoms with Crippen LogP contribution in [-0.2, 0) is 14.3 Å². The lowest BCUT2D eigenvalue weighted by Gasteiger charge is -2.21. The van der Waals surface area contributed by atoms with Crippen LogP contribution in [0.15, 0.2) is 36.4 Å². The Bertz CT molecular complexity index is 601. The molecule has 1 amide bonds. The normalized spacial score (nSPS) is 30.4. The number of carboxylic acids is 1. The van der Waals surface area contributed by atoms with Gasteiger partial charge in [-0.05, 0) is 12.1 Å². The van der Waals surface area contributed by atoms with Gasteiger partial charge >= 0.3 is 5.97 Å². The van der Waals surface area contributed by atoms with E-state index in [0.717, 1.165) is 0 Å². The van der Waals surface area contributed by atoms with Crippen molar-refractivity contribution in [2.45, 2.75) is 12.2 Å². The summed E-state index contributed by atoms with van der Waals surface area (Å²) in [7, 11) is 0. The number of fused-ring (bicyclic) bond motifs is 2. The van der Waals surface area contributed by atoms with Crippen LogP contribution in [0.25, 0.3) is 0 Å². The van der Waals surface area contributed by atoms with Gasteiger partial charge in [-0.15, -0.1) is 0 Å². The van der Waals surface area contributed by atoms with Gasteiger partial charge in [0.2, 0.25) is 5.91 Å². The first-order valence-corrected chi connectivity index (χ1v) is 6.20. The number of hydrogen-bond acceptors (Lipinski definition) is 3. The maximum absolute atomic E-state index is 13.5. The molecule has 0 spiro atoms. The summed E-state index contributed by atoms with van der Waals surface area (Å²) < 4.78 is 18.9. The minimum absolute atomic E-state index is 0.0355. The molecule has 6 heteroatoms. The van der Waals surface area contributed by atoms with Crippen molar-refractivity contribution in [2.24, 2.45) is 11.8 Å². The summed E-state index contributed by atoms with van der Waals surface area (Å²) in [5.41, 5.74) is 0.0355. The number of carboxylic acid groups (broad SMARTS) is 1. The van der Waals surface area contributed by atoms with Crippen molar-refractivity contribution in [1.82, 2.24) is 0 Å². The number of carbonyl (C=O) groups excluding carboxylic acids is 1. The number of ether oxygens (including phenoxy) is 1. The molecule has 0 aromatic heterocycles. The van der Waals surface area contributed by atoms with Gasteiger partial charge in [-0.2, -0.15) is 0 Å². The van der Waals surface area contributed by atoms with E-state index in [1.54, 1.807) is 18.2 Å². The van der Waals surface area contributed by atoms with Gasteiger partial charge in [-0.25, -0.2) is 4.39 Å². The van der Waals surface area contributed by atoms with Crippen LogP contribution < -0.4 is 5.32 Å². The summed E-state index contributed by atoms with van der Waals surface area (Å²) in [6.45, 7) is 0. The highest BCUT2D eigenvalue weighted by Crippen LogP contribution is 2.39. The van der Waals surface area contributed by atoms with Gasteiger partial charge in [0.15, 0.2) is 0 Å². The van der Waals surface area contributed by atoms with Crippen LogP contribution in [-0.4, -0.2) is 29.2 Å². The van der Waals surface area contributed by atoms with E-state index in [1.807, 2.05) is 0 Å². The number of amides is 1. The molecule has 0 saturated carbocycles. The third kappa shape index (κ3) is 1.98. The first-order valence-electron chi connectivity index (χ1n) is 6.20. The number of hydrogen-bond donors (Lipinski definition) is 2. The third-order valence-electron chi connectivity index (χ3n) is 3.62. The highest BCUT2D eigenvalue weighted by Gasteiger charge is 2.53. The Morgan fingerprint density at radius 2 is 1.80 bits per heavy atom. The summed E-state index contributed by atoms with van der Waals surface area (Å²) in [6.07, 6.45) is 2.17. The van der Waals surface area contributed by atoms with Crippen LogP contribution in [0, 0.1) is 17.7 Å². The molecule has 2 heterocycles. The maximum Gasteiger partial charge on any atom is 0.310 e. The molecule has 1 aromatic rings. The van der Waals surface area contributed by atoms with Gasteiger partial charge < -0.3 is 15.2 Å². The second-order valence-electron chi connectivity index (χ2n) is 4.81. The molecule has 104 valence electrons. The Morgan fingerprint density at radius 1 is 1.15 bits per heavy atom. The SMILES string of the molecule is O=C(O)C1C2C=CC(O2)C1C(=O)Nc1ccccc1F. The molecule has 4 unspecified atom stereocenters. The number of rotatable bonds is 3. The van der Waals surface area contributed by atoms with Crippen molar-refractivity contribution in [1.29, 1.82) is 0 Å². The minimum Gasteiger partial charge on any atom is -0.481 e. The van der Waals surface area contributed by atoms with Crippen LogP contribution in [0.4, 0.5) is 10.1 Å². The van der Waals surface area contributed by atoms with E-state index >= 15 is 0 Å². The zero-order chi connectivity index (χ0) is 14.3. The minimum atomic E-state index is -1.09. The molecular formula is C14H12FNO4. The van der Waals surface area contributed by atoms with Crippen LogP contribution in [0.2, 0.25) is 0 Å². The first kappa shape index (κ1) is 12.8. The lowest BCUT2D eigenvalue weighted by atomic mass is 9.82. The van der Waals surface area contributed by atoms with Crippen molar-refractivity contribution < 1.29 is 23.8 Å². The van der Waals surface area contributed by atoms with Gasteiger partial charge in [0.25, 0.3) is 0 Å². The van der Waals surface area contributed by atoms with E-state index in [1.165, 1.54) is 18.2 Å². The number of anilines is 1. The molecule has 0 radical (unpaired) electrons. The highest BCUT2D eigenvalue weighted by molar-refractivity contribution is 5.96. The molecule has 2 bridgehead atoms. The molecule has 1 fully saturated rings. The van der Waals surface area contributed by atoms with Gasteiger partial charge in [-0.1, -0.05) is 24.3 Å². The van der Waals surface area contributed by atoms with Crippen molar-refractivity contribution in [2.75, 3.05) is 5.32 Å². The topological polar surface area (TPSA) is 75.6 Å². The van der Waals surface area contributed by atoms with Crippen molar-refractivity contribution in [3.8, 4) is 0 Å². The fourth-order valence-corrected chi connectivity index (χ4v) is 2.69. The van der Waals surface area contributed by atoms with Crippen molar-refractivity contribution >= 4 is 17.6 Å². The molecule has 5 nitrogen and oxygen atoms in total. The molecule has 4 atom stereocenters. The fraction of sp³-hybridized carbons (Fsp3) is 0.286. The lowest BCUT2D eigenvalue weighted by molar-refractivity contribution is -0.145. The number of benzene rings is 1. The van der Waals surface area contributed by atoms with Crippen LogP contribution in [0.5, 0.6) is 0 Å². The fourth-order valence-electron chi connectivity index (χ4n) is 2.69. The summed E-state index contributed by atoms with van der Waals surface area (Å²) in [4.78, 5) is 23.5. The molecule has 20 heavy (non-hydrogen) atoms. The Hall–Kier alpha value is -2.21. The molecule has 2 aliphatic rings. The van der Waals surface area contributed by atoms with Gasteiger partial charge in [0.05, 0.1) is 23.8 Å². The molecule has 1 aromatic carbocycles. The number of para-hydroxylation sites is 1. The second-order valence-corrected chi connectivity index (χ2v) is 4.81. The van der Waals surface area contributed by atoms with E-state index in [4.69, 9.17) is 4.74 Å². The summed E-state index contributed by atoms with van der Waals surface area (Å²) in [5, 5.41) is 11.6. The largest absolute Gasteiger partial charge is 0.481 e. The second kappa shape index (κ2) is 4.72. The Balaban J connectivity index is 1.82. The standard InChI is InChI=1S/C14H12FNO4/c15-7-3-1-2-4-8(7)16-13(17)11-9-5-6-10(20-9)12(11)14(18)19/h1-6,9-12H,(H,16,17)(H,18,19). The average Bonchev–Trinajstić information content (AvgIpc) is 3.01. The molecule has 0 aliphatic carbocycles. The molecule has 2 aliphatic heterocycles. The van der Waals surface area contributed by atoms with Gasteiger partial charge in [-0.3, -0.25) is 9.59 Å². The lowest BCUT2D eigenvalue weighted by Crippen LogP contribution is -2.39. The first-order chi connectivity index (χ1) is 9.58. The maximum atomic E-state index is 13.5.